The lowest BCUT2D eigenvalue weighted by atomic mass is 10.0. The summed E-state index contributed by atoms with van der Waals surface area (Å²) in [4.78, 5) is 25.8. The fourth-order valence-corrected chi connectivity index (χ4v) is 4.27. The van der Waals surface area contributed by atoms with Crippen molar-refractivity contribution < 1.29 is 14.3 Å². The van der Waals surface area contributed by atoms with E-state index in [2.05, 4.69) is 16.7 Å². The lowest BCUT2D eigenvalue weighted by Crippen LogP contribution is -2.42. The van der Waals surface area contributed by atoms with Gasteiger partial charge in [-0.2, -0.15) is 0 Å². The predicted octanol–water partition coefficient (Wildman–Crippen LogP) is 3.13. The molecule has 2 amide bonds. The van der Waals surface area contributed by atoms with E-state index in [-0.39, 0.29) is 24.3 Å². The fraction of sp³-hybridized carbons (Fsp3) is 0.263. The number of amides is 2. The summed E-state index contributed by atoms with van der Waals surface area (Å²) in [5.74, 6) is 1.11. The van der Waals surface area contributed by atoms with E-state index in [9.17, 15) is 9.59 Å². The van der Waals surface area contributed by atoms with Crippen molar-refractivity contribution in [1.82, 2.24) is 5.32 Å². The Bertz CT molecular complexity index is 824. The molecule has 2 aromatic carbocycles. The molecular formula is C19H18N2O3S. The number of carbonyl (C=O) groups excluding carboxylic acids is 2. The molecule has 2 atom stereocenters. The van der Waals surface area contributed by atoms with Crippen molar-refractivity contribution in [2.45, 2.75) is 29.9 Å². The number of para-hydroxylation sites is 2. The van der Waals surface area contributed by atoms with Crippen LogP contribution in [0.15, 0.2) is 53.4 Å². The molecule has 2 aliphatic heterocycles. The molecule has 0 spiro atoms. The van der Waals surface area contributed by atoms with Crippen LogP contribution in [0.3, 0.4) is 0 Å². The number of hydrogen-bond donors (Lipinski definition) is 2. The summed E-state index contributed by atoms with van der Waals surface area (Å²) in [6, 6.07) is 15.3. The fourth-order valence-electron chi connectivity index (χ4n) is 3.14. The quantitative estimate of drug-likeness (QED) is 0.889. The summed E-state index contributed by atoms with van der Waals surface area (Å²) < 4.78 is 5.70. The van der Waals surface area contributed by atoms with Crippen LogP contribution >= 0.6 is 11.8 Å². The second-order valence-electron chi connectivity index (χ2n) is 6.09. The number of rotatable bonds is 3. The number of benzene rings is 2. The summed E-state index contributed by atoms with van der Waals surface area (Å²) in [7, 11) is 0. The van der Waals surface area contributed by atoms with E-state index in [4.69, 9.17) is 4.74 Å². The Balaban J connectivity index is 1.43. The summed E-state index contributed by atoms with van der Waals surface area (Å²) in [5.41, 5.74) is 1.79. The minimum Gasteiger partial charge on any atom is -0.478 e. The van der Waals surface area contributed by atoms with Gasteiger partial charge < -0.3 is 15.4 Å². The molecule has 25 heavy (non-hydrogen) atoms. The van der Waals surface area contributed by atoms with Crippen LogP contribution in [0.1, 0.15) is 24.4 Å². The zero-order valence-electron chi connectivity index (χ0n) is 13.5. The highest BCUT2D eigenvalue weighted by atomic mass is 32.2. The van der Waals surface area contributed by atoms with Gasteiger partial charge in [-0.1, -0.05) is 30.3 Å². The van der Waals surface area contributed by atoms with Gasteiger partial charge in [0.05, 0.1) is 18.2 Å². The van der Waals surface area contributed by atoms with Gasteiger partial charge in [0, 0.05) is 10.6 Å². The van der Waals surface area contributed by atoms with Crippen LogP contribution in [0.5, 0.6) is 5.75 Å². The summed E-state index contributed by atoms with van der Waals surface area (Å²) in [6.45, 7) is 0. The number of anilines is 1. The van der Waals surface area contributed by atoms with Gasteiger partial charge in [0.15, 0.2) is 6.10 Å². The number of ether oxygens (including phenoxy) is 1. The van der Waals surface area contributed by atoms with Crippen molar-refractivity contribution in [2.75, 3.05) is 11.1 Å². The van der Waals surface area contributed by atoms with Crippen LogP contribution in [0.25, 0.3) is 0 Å². The number of thioether (sulfide) groups is 1. The molecule has 2 heterocycles. The van der Waals surface area contributed by atoms with Crippen molar-refractivity contribution >= 4 is 29.3 Å². The minimum absolute atomic E-state index is 0.00593. The largest absolute Gasteiger partial charge is 0.478 e. The molecule has 6 heteroatoms. The zero-order valence-corrected chi connectivity index (χ0v) is 14.3. The van der Waals surface area contributed by atoms with Crippen LogP contribution in [0.4, 0.5) is 5.69 Å². The maximum Gasteiger partial charge on any atom is 0.266 e. The average Bonchev–Trinajstić information content (AvgIpc) is 2.63. The van der Waals surface area contributed by atoms with Crippen LogP contribution in [0.2, 0.25) is 0 Å². The molecule has 0 fully saturated rings. The number of nitrogens with one attached hydrogen (secondary N) is 2. The monoisotopic (exact) mass is 354 g/mol. The summed E-state index contributed by atoms with van der Waals surface area (Å²) in [6.07, 6.45) is 0.0862. The third-order valence-electron chi connectivity index (χ3n) is 4.37. The van der Waals surface area contributed by atoms with Crippen LogP contribution < -0.4 is 15.4 Å². The van der Waals surface area contributed by atoms with Gasteiger partial charge in [0.25, 0.3) is 5.91 Å². The maximum atomic E-state index is 12.5. The van der Waals surface area contributed by atoms with Crippen LogP contribution in [0, 0.1) is 0 Å². The second-order valence-corrected chi connectivity index (χ2v) is 7.23. The molecular weight excluding hydrogens is 336 g/mol. The first-order valence-corrected chi connectivity index (χ1v) is 9.27. The van der Waals surface area contributed by atoms with Crippen molar-refractivity contribution in [1.29, 1.82) is 0 Å². The first kappa shape index (κ1) is 16.0. The standard InChI is InChI=1S/C19H18N2O3S/c22-18(20-13-9-10-25-17-8-4-1-5-12(13)17)11-16-19(23)21-14-6-2-3-7-15(14)24-16/h1-8,13,16H,9-11H2,(H,20,22)(H,21,23)/t13-,16-/m0/s1. The molecule has 0 bridgehead atoms. The van der Waals surface area contributed by atoms with Gasteiger partial charge in [0.2, 0.25) is 5.91 Å². The van der Waals surface area contributed by atoms with E-state index >= 15 is 0 Å². The SMILES string of the molecule is O=C(C[C@@H]1Oc2ccccc2NC1=O)N[C@H]1CCSc2ccccc21. The Hall–Kier alpha value is -2.47. The van der Waals surface area contributed by atoms with Crippen molar-refractivity contribution in [3.8, 4) is 5.75 Å². The van der Waals surface area contributed by atoms with Crippen LogP contribution in [-0.2, 0) is 9.59 Å². The summed E-state index contributed by atoms with van der Waals surface area (Å²) in [5, 5.41) is 5.84. The topological polar surface area (TPSA) is 67.4 Å². The molecule has 4 rings (SSSR count). The van der Waals surface area contributed by atoms with Crippen LogP contribution in [-0.4, -0.2) is 23.7 Å². The van der Waals surface area contributed by atoms with Gasteiger partial charge in [0.1, 0.15) is 5.75 Å². The van der Waals surface area contributed by atoms with Crippen molar-refractivity contribution in [3.05, 3.63) is 54.1 Å². The Labute approximate surface area is 150 Å². The lowest BCUT2D eigenvalue weighted by Gasteiger charge is -2.28. The molecule has 0 aromatic heterocycles. The molecule has 0 radical (unpaired) electrons. The molecule has 5 nitrogen and oxygen atoms in total. The van der Waals surface area contributed by atoms with Crippen molar-refractivity contribution in [2.24, 2.45) is 0 Å². The van der Waals surface area contributed by atoms with Gasteiger partial charge in [-0.25, -0.2) is 0 Å². The van der Waals surface area contributed by atoms with E-state index in [0.717, 1.165) is 17.7 Å². The molecule has 2 N–H and O–H groups in total. The van der Waals surface area contributed by atoms with Gasteiger partial charge in [-0.15, -0.1) is 11.8 Å². The normalized spacial score (nSPS) is 21.4. The molecule has 0 saturated carbocycles. The number of carbonyl (C=O) groups is 2. The Morgan fingerprint density at radius 1 is 1.20 bits per heavy atom. The van der Waals surface area contributed by atoms with Crippen molar-refractivity contribution in [3.63, 3.8) is 0 Å². The third kappa shape index (κ3) is 3.35. The molecule has 128 valence electrons. The maximum absolute atomic E-state index is 12.5. The van der Waals surface area contributed by atoms with Gasteiger partial charge >= 0.3 is 0 Å². The Morgan fingerprint density at radius 2 is 2.00 bits per heavy atom. The highest BCUT2D eigenvalue weighted by Gasteiger charge is 2.31. The first-order chi connectivity index (χ1) is 12.2. The van der Waals surface area contributed by atoms with Gasteiger partial charge in [-0.3, -0.25) is 9.59 Å². The molecule has 0 unspecified atom stereocenters. The smallest absolute Gasteiger partial charge is 0.266 e. The zero-order chi connectivity index (χ0) is 17.2. The average molecular weight is 354 g/mol. The number of hydrogen-bond acceptors (Lipinski definition) is 4. The summed E-state index contributed by atoms with van der Waals surface area (Å²) >= 11 is 1.81. The van der Waals surface area contributed by atoms with E-state index < -0.39 is 6.10 Å². The highest BCUT2D eigenvalue weighted by molar-refractivity contribution is 7.99. The van der Waals surface area contributed by atoms with E-state index in [1.54, 1.807) is 12.1 Å². The second kappa shape index (κ2) is 6.80. The molecule has 2 aliphatic rings. The first-order valence-electron chi connectivity index (χ1n) is 8.28. The Morgan fingerprint density at radius 3 is 2.92 bits per heavy atom. The number of fused-ring (bicyclic) bond motifs is 2. The Kier molecular flexibility index (Phi) is 4.36. The van der Waals surface area contributed by atoms with E-state index in [1.165, 1.54) is 4.90 Å². The lowest BCUT2D eigenvalue weighted by molar-refractivity contribution is -0.130. The predicted molar refractivity (Wildman–Crippen MR) is 96.8 cm³/mol. The van der Waals surface area contributed by atoms with Gasteiger partial charge in [-0.05, 0) is 30.2 Å². The molecule has 2 aromatic rings. The minimum atomic E-state index is -0.803. The molecule has 0 saturated heterocycles. The highest BCUT2D eigenvalue weighted by Crippen LogP contribution is 2.36. The van der Waals surface area contributed by atoms with E-state index in [0.29, 0.717) is 11.4 Å². The molecule has 0 aliphatic carbocycles. The third-order valence-corrected chi connectivity index (χ3v) is 5.49. The van der Waals surface area contributed by atoms with E-state index in [1.807, 2.05) is 42.1 Å².